The van der Waals surface area contributed by atoms with Crippen molar-refractivity contribution in [2.45, 2.75) is 0 Å². The zero-order valence-corrected chi connectivity index (χ0v) is 11.7. The van der Waals surface area contributed by atoms with Crippen LogP contribution in [-0.4, -0.2) is 22.2 Å². The topological polar surface area (TPSA) is 74.6 Å². The molecule has 0 aliphatic rings. The number of benzene rings is 2. The van der Waals surface area contributed by atoms with Crippen molar-refractivity contribution < 1.29 is 19.8 Å². The third kappa shape index (κ3) is 3.29. The second-order valence-corrected chi connectivity index (χ2v) is 3.85. The summed E-state index contributed by atoms with van der Waals surface area (Å²) in [6.45, 7) is 0. The van der Waals surface area contributed by atoms with Gasteiger partial charge in [-0.3, -0.25) is 0 Å². The number of hydrogen-bond acceptors (Lipinski definition) is 2. The van der Waals surface area contributed by atoms with Gasteiger partial charge >= 0.3 is 11.9 Å². The van der Waals surface area contributed by atoms with Crippen LogP contribution in [0.3, 0.4) is 0 Å². The number of fused-ring (bicyclic) bond motifs is 1. The highest BCUT2D eigenvalue weighted by Gasteiger charge is 2.12. The molecule has 0 unspecified atom stereocenters. The summed E-state index contributed by atoms with van der Waals surface area (Å²) in [6.07, 6.45) is 0. The molecule has 2 aromatic rings. The fourth-order valence-corrected chi connectivity index (χ4v) is 1.91. The van der Waals surface area contributed by atoms with Crippen LogP contribution in [0.15, 0.2) is 30.3 Å². The molecular weight excluding hydrogens is 314 g/mol. The summed E-state index contributed by atoms with van der Waals surface area (Å²) < 4.78 is 0. The Morgan fingerprint density at radius 2 is 1.58 bits per heavy atom. The maximum absolute atomic E-state index is 10.9. The summed E-state index contributed by atoms with van der Waals surface area (Å²) in [6, 6.07) is 7.25. The highest BCUT2D eigenvalue weighted by atomic mass is 35.5. The van der Waals surface area contributed by atoms with Gasteiger partial charge in [0.15, 0.2) is 0 Å². The van der Waals surface area contributed by atoms with Gasteiger partial charge in [0.2, 0.25) is 0 Å². The molecule has 102 valence electrons. The minimum atomic E-state index is -1.11. The summed E-state index contributed by atoms with van der Waals surface area (Å²) in [5.41, 5.74) is 0.138. The lowest BCUT2D eigenvalue weighted by Gasteiger charge is -2.05. The predicted molar refractivity (Wildman–Crippen MR) is 77.4 cm³/mol. The molecule has 0 saturated carbocycles. The van der Waals surface area contributed by atoms with Crippen LogP contribution in [-0.2, 0) is 0 Å². The number of carbonyl (C=O) groups is 2. The van der Waals surface area contributed by atoms with Crippen LogP contribution in [0, 0.1) is 0 Å². The first kappa shape index (κ1) is 17.5. The number of hydrogen-bond donors (Lipinski definition) is 2. The summed E-state index contributed by atoms with van der Waals surface area (Å²) in [5, 5.41) is 19.0. The van der Waals surface area contributed by atoms with Crippen LogP contribution in [0.2, 0.25) is 5.02 Å². The molecule has 0 spiro atoms. The number of carboxylic acid groups (broad SMARTS) is 2. The van der Waals surface area contributed by atoms with Gasteiger partial charge in [-0.25, -0.2) is 9.59 Å². The molecule has 2 N–H and O–H groups in total. The van der Waals surface area contributed by atoms with Crippen LogP contribution in [0.4, 0.5) is 0 Å². The molecule has 0 aromatic heterocycles. The zero-order chi connectivity index (χ0) is 12.6. The molecule has 0 atom stereocenters. The first-order valence-corrected chi connectivity index (χ1v) is 5.07. The van der Waals surface area contributed by atoms with E-state index in [2.05, 4.69) is 0 Å². The fraction of sp³-hybridized carbons (Fsp3) is 0. The van der Waals surface area contributed by atoms with E-state index in [1.54, 1.807) is 0 Å². The van der Waals surface area contributed by atoms with Gasteiger partial charge in [-0.05, 0) is 23.6 Å². The lowest BCUT2D eigenvalue weighted by atomic mass is 10.0. The van der Waals surface area contributed by atoms with E-state index in [1.165, 1.54) is 30.3 Å². The molecule has 19 heavy (non-hydrogen) atoms. The number of halogens is 3. The second-order valence-electron chi connectivity index (χ2n) is 3.47. The molecule has 2 rings (SSSR count). The Bertz CT molecular complexity index is 640. The van der Waals surface area contributed by atoms with Gasteiger partial charge in [-0.1, -0.05) is 23.7 Å². The molecule has 0 bridgehead atoms. The molecule has 0 aliphatic carbocycles. The standard InChI is InChI=1S/C12H7ClO4.2ClH/c13-10-8-3-2-7(11(14)15)5-6(8)1-4-9(10)12(16)17;;/h1-5H,(H,14,15)(H,16,17);2*1H. The first-order valence-electron chi connectivity index (χ1n) is 4.69. The van der Waals surface area contributed by atoms with Gasteiger partial charge in [-0.15, -0.1) is 24.8 Å². The smallest absolute Gasteiger partial charge is 0.337 e. The highest BCUT2D eigenvalue weighted by Crippen LogP contribution is 2.28. The van der Waals surface area contributed by atoms with E-state index in [4.69, 9.17) is 21.8 Å². The zero-order valence-electron chi connectivity index (χ0n) is 9.29. The van der Waals surface area contributed by atoms with Crippen LogP contribution in [0.1, 0.15) is 20.7 Å². The van der Waals surface area contributed by atoms with Crippen LogP contribution in [0.5, 0.6) is 0 Å². The van der Waals surface area contributed by atoms with E-state index in [9.17, 15) is 9.59 Å². The molecule has 2 aromatic carbocycles. The lowest BCUT2D eigenvalue weighted by Crippen LogP contribution is -1.99. The number of rotatable bonds is 2. The monoisotopic (exact) mass is 322 g/mol. The van der Waals surface area contributed by atoms with Gasteiger partial charge in [-0.2, -0.15) is 0 Å². The molecule has 0 saturated heterocycles. The third-order valence-electron chi connectivity index (χ3n) is 2.43. The minimum absolute atomic E-state index is 0. The van der Waals surface area contributed by atoms with Gasteiger partial charge in [0, 0.05) is 5.39 Å². The van der Waals surface area contributed by atoms with E-state index < -0.39 is 11.9 Å². The van der Waals surface area contributed by atoms with Crippen molar-refractivity contribution >= 4 is 59.1 Å². The Balaban J connectivity index is 0.00000162. The van der Waals surface area contributed by atoms with Gasteiger partial charge in [0.1, 0.15) is 0 Å². The predicted octanol–water partition coefficient (Wildman–Crippen LogP) is 3.73. The average Bonchev–Trinajstić information content (AvgIpc) is 2.28. The number of aromatic carboxylic acids is 2. The normalized spacial score (nSPS) is 9.32. The Morgan fingerprint density at radius 1 is 0.947 bits per heavy atom. The van der Waals surface area contributed by atoms with E-state index >= 15 is 0 Å². The molecule has 0 amide bonds. The molecule has 7 heteroatoms. The van der Waals surface area contributed by atoms with Gasteiger partial charge in [0.25, 0.3) is 0 Å². The summed E-state index contributed by atoms with van der Waals surface area (Å²) in [7, 11) is 0. The Labute approximate surface area is 125 Å². The third-order valence-corrected chi connectivity index (χ3v) is 2.84. The van der Waals surface area contributed by atoms with Crippen molar-refractivity contribution in [3.05, 3.63) is 46.5 Å². The average molecular weight is 324 g/mol. The summed E-state index contributed by atoms with van der Waals surface area (Å²) in [5.74, 6) is -2.15. The van der Waals surface area contributed by atoms with Crippen molar-refractivity contribution in [1.29, 1.82) is 0 Å². The highest BCUT2D eigenvalue weighted by molar-refractivity contribution is 6.38. The molecule has 0 heterocycles. The first-order chi connectivity index (χ1) is 8.00. The van der Waals surface area contributed by atoms with Crippen LogP contribution in [0.25, 0.3) is 10.8 Å². The molecule has 0 radical (unpaired) electrons. The SMILES string of the molecule is Cl.Cl.O=C(O)c1ccc2c(Cl)c(C(=O)O)ccc2c1. The molecule has 4 nitrogen and oxygen atoms in total. The van der Waals surface area contributed by atoms with E-state index in [1.807, 2.05) is 0 Å². The maximum Gasteiger partial charge on any atom is 0.337 e. The van der Waals surface area contributed by atoms with Crippen LogP contribution >= 0.6 is 36.4 Å². The molecule has 0 aliphatic heterocycles. The van der Waals surface area contributed by atoms with Crippen molar-refractivity contribution in [2.75, 3.05) is 0 Å². The Morgan fingerprint density at radius 3 is 2.11 bits per heavy atom. The Kier molecular flexibility index (Phi) is 6.09. The quantitative estimate of drug-likeness (QED) is 0.883. The van der Waals surface area contributed by atoms with Crippen molar-refractivity contribution in [2.24, 2.45) is 0 Å². The van der Waals surface area contributed by atoms with Gasteiger partial charge in [0.05, 0.1) is 16.1 Å². The Hall–Kier alpha value is -1.49. The summed E-state index contributed by atoms with van der Waals surface area (Å²) in [4.78, 5) is 21.6. The molecular formula is C12H9Cl3O4. The summed E-state index contributed by atoms with van der Waals surface area (Å²) >= 11 is 5.94. The van der Waals surface area contributed by atoms with Crippen LogP contribution < -0.4 is 0 Å². The fourth-order valence-electron chi connectivity index (χ4n) is 1.59. The van der Waals surface area contributed by atoms with Gasteiger partial charge < -0.3 is 10.2 Å². The minimum Gasteiger partial charge on any atom is -0.478 e. The van der Waals surface area contributed by atoms with E-state index in [-0.39, 0.29) is 41.0 Å². The van der Waals surface area contributed by atoms with Crippen molar-refractivity contribution in [3.8, 4) is 0 Å². The van der Waals surface area contributed by atoms with E-state index in [0.29, 0.717) is 10.8 Å². The van der Waals surface area contributed by atoms with Crippen molar-refractivity contribution in [1.82, 2.24) is 0 Å². The number of carboxylic acids is 2. The maximum atomic E-state index is 10.9. The molecule has 0 fully saturated rings. The lowest BCUT2D eigenvalue weighted by molar-refractivity contribution is 0.0686. The van der Waals surface area contributed by atoms with E-state index in [0.717, 1.165) is 0 Å². The second kappa shape index (κ2) is 6.61. The largest absolute Gasteiger partial charge is 0.478 e. The van der Waals surface area contributed by atoms with Crippen molar-refractivity contribution in [3.63, 3.8) is 0 Å².